The molecule has 1 atom stereocenters. The second-order valence-electron chi connectivity index (χ2n) is 6.07. The van der Waals surface area contributed by atoms with Gasteiger partial charge in [-0.3, -0.25) is 4.79 Å². The van der Waals surface area contributed by atoms with Gasteiger partial charge in [0.05, 0.1) is 16.9 Å². The van der Waals surface area contributed by atoms with Crippen LogP contribution in [0, 0.1) is 5.82 Å². The maximum atomic E-state index is 14.4. The highest BCUT2D eigenvalue weighted by atomic mass is 19.1. The summed E-state index contributed by atoms with van der Waals surface area (Å²) >= 11 is 0. The van der Waals surface area contributed by atoms with Gasteiger partial charge in [0.25, 0.3) is 0 Å². The van der Waals surface area contributed by atoms with Crippen LogP contribution >= 0.6 is 0 Å². The summed E-state index contributed by atoms with van der Waals surface area (Å²) in [7, 11) is 7.10. The summed E-state index contributed by atoms with van der Waals surface area (Å²) < 4.78 is 21.7. The van der Waals surface area contributed by atoms with E-state index < -0.39 is 17.2 Å². The molecule has 8 heteroatoms. The van der Waals surface area contributed by atoms with Crippen molar-refractivity contribution in [3.05, 3.63) is 33.9 Å². The molecule has 2 aromatic rings. The lowest BCUT2D eigenvalue weighted by Gasteiger charge is -2.30. The monoisotopic (exact) mass is 381 g/mol. The zero-order valence-electron chi connectivity index (χ0n) is 16.9. The van der Waals surface area contributed by atoms with Gasteiger partial charge in [-0.1, -0.05) is 13.8 Å². The SMILES string of the molecule is CC.CC1COc2c(N(C)C)c(F)cc3c(=O)c(C(=O)O)cn1c23.CNC. The Kier molecular flexibility index (Phi) is 7.78. The quantitative estimate of drug-likeness (QED) is 0.832. The highest BCUT2D eigenvalue weighted by Gasteiger charge is 2.28. The Balaban J connectivity index is 0.000000665. The van der Waals surface area contributed by atoms with Crippen LogP contribution in [0.1, 0.15) is 37.2 Å². The first kappa shape index (κ1) is 22.4. The highest BCUT2D eigenvalue weighted by Crippen LogP contribution is 2.40. The van der Waals surface area contributed by atoms with Crippen molar-refractivity contribution in [1.29, 1.82) is 0 Å². The molecule has 1 aromatic heterocycles. The standard InChI is InChI=1S/C15H15FN2O4.C2H7N.C2H6/c1-7-6-22-14-11-8(4-10(16)12(14)17(2)3)13(19)9(15(20)21)5-18(7)11;1-3-2;1-2/h4-5,7H,6H2,1-3H3,(H,20,21);3H,1-2H3;1-2H3. The molecule has 0 bridgehead atoms. The first-order valence-electron chi connectivity index (χ1n) is 8.77. The number of aromatic carboxylic acids is 1. The molecule has 3 rings (SSSR count). The molecule has 0 aliphatic carbocycles. The molecule has 0 saturated heterocycles. The molecule has 1 unspecified atom stereocenters. The predicted molar refractivity (Wildman–Crippen MR) is 106 cm³/mol. The van der Waals surface area contributed by atoms with Crippen molar-refractivity contribution in [3.63, 3.8) is 0 Å². The average Bonchev–Trinajstić information content (AvgIpc) is 2.61. The van der Waals surface area contributed by atoms with Gasteiger partial charge >= 0.3 is 5.97 Å². The van der Waals surface area contributed by atoms with Crippen molar-refractivity contribution >= 4 is 22.6 Å². The molecule has 0 radical (unpaired) electrons. The molecule has 0 amide bonds. The molecule has 0 spiro atoms. The molecule has 1 aliphatic heterocycles. The van der Waals surface area contributed by atoms with Crippen molar-refractivity contribution in [2.24, 2.45) is 0 Å². The number of carboxylic acids is 1. The molecular formula is C19H28FN3O4. The van der Waals surface area contributed by atoms with E-state index in [1.807, 2.05) is 34.9 Å². The van der Waals surface area contributed by atoms with Crippen molar-refractivity contribution in [2.75, 3.05) is 39.7 Å². The van der Waals surface area contributed by atoms with Crippen LogP contribution in [0.15, 0.2) is 17.1 Å². The molecule has 0 saturated carbocycles. The van der Waals surface area contributed by atoms with Crippen LogP contribution in [0.2, 0.25) is 0 Å². The van der Waals surface area contributed by atoms with Crippen LogP contribution in [0.3, 0.4) is 0 Å². The van der Waals surface area contributed by atoms with Crippen molar-refractivity contribution in [1.82, 2.24) is 9.88 Å². The summed E-state index contributed by atoms with van der Waals surface area (Å²) in [5, 5.41) is 12.0. The number of aromatic nitrogens is 1. The molecule has 0 fully saturated rings. The lowest BCUT2D eigenvalue weighted by Crippen LogP contribution is -2.28. The largest absolute Gasteiger partial charge is 0.487 e. The van der Waals surface area contributed by atoms with E-state index in [2.05, 4.69) is 5.32 Å². The second-order valence-corrected chi connectivity index (χ2v) is 6.07. The van der Waals surface area contributed by atoms with Crippen molar-refractivity contribution in [2.45, 2.75) is 26.8 Å². The van der Waals surface area contributed by atoms with Crippen LogP contribution in [-0.2, 0) is 0 Å². The van der Waals surface area contributed by atoms with E-state index >= 15 is 0 Å². The van der Waals surface area contributed by atoms with Crippen LogP contribution in [0.25, 0.3) is 10.9 Å². The van der Waals surface area contributed by atoms with Crippen LogP contribution in [-0.4, -0.2) is 50.4 Å². The maximum Gasteiger partial charge on any atom is 0.341 e. The summed E-state index contributed by atoms with van der Waals surface area (Å²) in [6, 6.07) is 0.926. The van der Waals surface area contributed by atoms with E-state index in [4.69, 9.17) is 4.74 Å². The Morgan fingerprint density at radius 3 is 2.41 bits per heavy atom. The number of hydrogen-bond donors (Lipinski definition) is 2. The Labute approximate surface area is 158 Å². The number of anilines is 1. The minimum Gasteiger partial charge on any atom is -0.487 e. The lowest BCUT2D eigenvalue weighted by molar-refractivity contribution is 0.0694. The minimum atomic E-state index is -1.33. The Bertz CT molecular complexity index is 878. The molecule has 1 aliphatic rings. The van der Waals surface area contributed by atoms with E-state index in [1.165, 1.54) is 6.20 Å². The van der Waals surface area contributed by atoms with E-state index in [1.54, 1.807) is 23.6 Å². The molecule has 2 heterocycles. The Morgan fingerprint density at radius 1 is 1.37 bits per heavy atom. The molecule has 7 nitrogen and oxygen atoms in total. The van der Waals surface area contributed by atoms with Gasteiger partial charge in [-0.15, -0.1) is 0 Å². The maximum absolute atomic E-state index is 14.4. The predicted octanol–water partition coefficient (Wildman–Crippen LogP) is 2.72. The molecule has 1 aromatic carbocycles. The fourth-order valence-corrected chi connectivity index (χ4v) is 2.78. The highest BCUT2D eigenvalue weighted by molar-refractivity contribution is 5.97. The number of ether oxygens (including phenoxy) is 1. The summed E-state index contributed by atoms with van der Waals surface area (Å²) in [6.45, 7) is 6.12. The van der Waals surface area contributed by atoms with Crippen molar-refractivity contribution in [3.8, 4) is 5.75 Å². The Morgan fingerprint density at radius 2 is 1.93 bits per heavy atom. The van der Waals surface area contributed by atoms with Crippen molar-refractivity contribution < 1.29 is 19.0 Å². The number of rotatable bonds is 2. The number of benzene rings is 1. The zero-order valence-corrected chi connectivity index (χ0v) is 16.9. The summed E-state index contributed by atoms with van der Waals surface area (Å²) in [5.41, 5.74) is -0.402. The first-order valence-corrected chi connectivity index (χ1v) is 8.77. The topological polar surface area (TPSA) is 83.8 Å². The third kappa shape index (κ3) is 4.21. The first-order chi connectivity index (χ1) is 12.7. The van der Waals surface area contributed by atoms with E-state index in [0.29, 0.717) is 5.52 Å². The van der Waals surface area contributed by atoms with Gasteiger partial charge in [-0.05, 0) is 27.1 Å². The van der Waals surface area contributed by atoms with E-state index in [0.717, 1.165) is 6.07 Å². The van der Waals surface area contributed by atoms with Crippen LogP contribution < -0.4 is 20.4 Å². The normalized spacial score (nSPS) is 14.3. The molecule has 150 valence electrons. The smallest absolute Gasteiger partial charge is 0.341 e. The third-order valence-electron chi connectivity index (χ3n) is 3.82. The van der Waals surface area contributed by atoms with Gasteiger partial charge in [0.1, 0.15) is 17.9 Å². The number of carbonyl (C=O) groups is 1. The van der Waals surface area contributed by atoms with E-state index in [9.17, 15) is 19.1 Å². The molecular weight excluding hydrogens is 353 g/mol. The molecule has 27 heavy (non-hydrogen) atoms. The molecule has 2 N–H and O–H groups in total. The number of hydrogen-bond acceptors (Lipinski definition) is 5. The Hall–Kier alpha value is -2.61. The fourth-order valence-electron chi connectivity index (χ4n) is 2.78. The minimum absolute atomic E-state index is 0.0181. The van der Waals surface area contributed by atoms with E-state index in [-0.39, 0.29) is 35.0 Å². The lowest BCUT2D eigenvalue weighted by atomic mass is 10.1. The number of halogens is 1. The van der Waals surface area contributed by atoms with Crippen LogP contribution in [0.4, 0.5) is 10.1 Å². The number of nitrogens with one attached hydrogen (secondary N) is 1. The van der Waals surface area contributed by atoms with Gasteiger partial charge in [0, 0.05) is 20.3 Å². The third-order valence-corrected chi connectivity index (χ3v) is 3.82. The summed E-state index contributed by atoms with van der Waals surface area (Å²) in [4.78, 5) is 25.2. The summed E-state index contributed by atoms with van der Waals surface area (Å²) in [5.74, 6) is -1.67. The second kappa shape index (κ2) is 9.36. The zero-order chi connectivity index (χ0) is 20.9. The van der Waals surface area contributed by atoms with Gasteiger partial charge in [0.15, 0.2) is 11.6 Å². The van der Waals surface area contributed by atoms with Crippen LogP contribution in [0.5, 0.6) is 5.75 Å². The van der Waals surface area contributed by atoms with Gasteiger partial charge in [-0.25, -0.2) is 9.18 Å². The van der Waals surface area contributed by atoms with Gasteiger partial charge < -0.3 is 24.6 Å². The number of nitrogens with zero attached hydrogens (tertiary/aromatic N) is 2. The number of carboxylic acid groups (broad SMARTS) is 1. The summed E-state index contributed by atoms with van der Waals surface area (Å²) in [6.07, 6.45) is 1.31. The average molecular weight is 381 g/mol. The van der Waals surface area contributed by atoms with Gasteiger partial charge in [0.2, 0.25) is 5.43 Å². The number of pyridine rings is 1. The van der Waals surface area contributed by atoms with Gasteiger partial charge in [-0.2, -0.15) is 0 Å². The fraction of sp³-hybridized carbons (Fsp3) is 0.474.